The zero-order valence-electron chi connectivity index (χ0n) is 8.45. The van der Waals surface area contributed by atoms with Gasteiger partial charge in [0.15, 0.2) is 0 Å². The van der Waals surface area contributed by atoms with Gasteiger partial charge in [-0.3, -0.25) is 4.79 Å². The molecule has 1 saturated heterocycles. The third kappa shape index (κ3) is 3.88. The molecule has 0 aromatic carbocycles. The summed E-state index contributed by atoms with van der Waals surface area (Å²) in [5, 5.41) is 0. The molecular formula is C8H18N2O2Si. The van der Waals surface area contributed by atoms with Crippen molar-refractivity contribution in [3.8, 4) is 0 Å². The number of carbonyl (C=O) groups is 1. The second kappa shape index (κ2) is 5.36. The van der Waals surface area contributed by atoms with Gasteiger partial charge in [0, 0.05) is 32.7 Å². The molecule has 0 atom stereocenters. The Balaban J connectivity index is 2.12. The molecule has 76 valence electrons. The molecule has 0 spiro atoms. The van der Waals surface area contributed by atoms with Crippen molar-refractivity contribution in [2.24, 2.45) is 0 Å². The number of hydrogen-bond donors (Lipinski definition) is 0. The fourth-order valence-corrected chi connectivity index (χ4v) is 1.82. The molecule has 0 N–H and O–H groups in total. The number of piperazine rings is 1. The van der Waals surface area contributed by atoms with Crippen LogP contribution in [0.25, 0.3) is 0 Å². The average molecular weight is 202 g/mol. The Morgan fingerprint density at radius 2 is 2.00 bits per heavy atom. The van der Waals surface area contributed by atoms with Crippen LogP contribution in [-0.2, 0) is 9.53 Å². The van der Waals surface area contributed by atoms with Crippen molar-refractivity contribution >= 4 is 16.4 Å². The molecule has 1 aliphatic heterocycles. The Morgan fingerprint density at radius 1 is 1.38 bits per heavy atom. The van der Waals surface area contributed by atoms with Crippen LogP contribution in [0.1, 0.15) is 6.42 Å². The summed E-state index contributed by atoms with van der Waals surface area (Å²) < 4.78 is 7.03. The third-order valence-corrected chi connectivity index (χ3v) is 3.35. The molecule has 0 amide bonds. The number of hydrogen-bond acceptors (Lipinski definition) is 4. The van der Waals surface area contributed by atoms with Crippen LogP contribution in [-0.4, -0.2) is 65.7 Å². The molecule has 0 radical (unpaired) electrons. The third-order valence-electron chi connectivity index (χ3n) is 2.46. The van der Waals surface area contributed by atoms with Gasteiger partial charge in [-0.15, -0.1) is 0 Å². The van der Waals surface area contributed by atoms with Crippen molar-refractivity contribution in [3.63, 3.8) is 0 Å². The van der Waals surface area contributed by atoms with E-state index in [1.54, 1.807) is 0 Å². The van der Waals surface area contributed by atoms with Gasteiger partial charge < -0.3 is 14.2 Å². The molecule has 0 bridgehead atoms. The van der Waals surface area contributed by atoms with Crippen LogP contribution < -0.4 is 0 Å². The Labute approximate surface area is 82.3 Å². The number of methoxy groups -OCH3 is 1. The maximum absolute atomic E-state index is 10.9. The standard InChI is InChI=1S/C8H18N2O2Si/c1-12-8(11)2-3-9-4-6-10(13)7-5-9/h2-7H2,1,13H3. The number of rotatable bonds is 3. The van der Waals surface area contributed by atoms with E-state index in [1.807, 2.05) is 0 Å². The monoisotopic (exact) mass is 202 g/mol. The minimum atomic E-state index is -0.103. The summed E-state index contributed by atoms with van der Waals surface area (Å²) in [5.41, 5.74) is 0. The highest BCUT2D eigenvalue weighted by Gasteiger charge is 2.14. The Kier molecular flexibility index (Phi) is 4.41. The van der Waals surface area contributed by atoms with Crippen LogP contribution in [0.4, 0.5) is 0 Å². The molecule has 0 saturated carbocycles. The minimum Gasteiger partial charge on any atom is -0.469 e. The summed E-state index contributed by atoms with van der Waals surface area (Å²) in [4.78, 5) is 13.2. The van der Waals surface area contributed by atoms with Crippen molar-refractivity contribution in [2.75, 3.05) is 39.8 Å². The first kappa shape index (κ1) is 10.7. The van der Waals surface area contributed by atoms with E-state index in [-0.39, 0.29) is 5.97 Å². The van der Waals surface area contributed by atoms with E-state index in [9.17, 15) is 4.79 Å². The zero-order valence-corrected chi connectivity index (χ0v) is 10.5. The number of ether oxygens (including phenoxy) is 1. The average Bonchev–Trinajstić information content (AvgIpc) is 2.16. The van der Waals surface area contributed by atoms with E-state index in [2.05, 4.69) is 14.2 Å². The van der Waals surface area contributed by atoms with Gasteiger partial charge in [0.2, 0.25) is 0 Å². The summed E-state index contributed by atoms with van der Waals surface area (Å²) in [7, 11) is 2.60. The Hall–Kier alpha value is -0.393. The maximum Gasteiger partial charge on any atom is 0.306 e. The lowest BCUT2D eigenvalue weighted by atomic mass is 10.3. The molecule has 5 heteroatoms. The molecule has 0 unspecified atom stereocenters. The predicted octanol–water partition coefficient (Wildman–Crippen LogP) is -1.55. The van der Waals surface area contributed by atoms with Gasteiger partial charge in [-0.2, -0.15) is 0 Å². The smallest absolute Gasteiger partial charge is 0.306 e. The Morgan fingerprint density at radius 3 is 2.54 bits per heavy atom. The maximum atomic E-state index is 10.9. The van der Waals surface area contributed by atoms with Crippen molar-refractivity contribution in [1.29, 1.82) is 0 Å². The van der Waals surface area contributed by atoms with E-state index in [0.29, 0.717) is 6.42 Å². The quantitative estimate of drug-likeness (QED) is 0.410. The summed E-state index contributed by atoms with van der Waals surface area (Å²) in [6, 6.07) is 0. The van der Waals surface area contributed by atoms with Crippen molar-refractivity contribution in [1.82, 2.24) is 9.47 Å². The topological polar surface area (TPSA) is 32.8 Å². The Bertz CT molecular complexity index is 170. The van der Waals surface area contributed by atoms with Crippen molar-refractivity contribution in [2.45, 2.75) is 6.42 Å². The summed E-state index contributed by atoms with van der Waals surface area (Å²) in [5.74, 6) is -0.103. The molecule has 4 nitrogen and oxygen atoms in total. The summed E-state index contributed by atoms with van der Waals surface area (Å²) in [6.07, 6.45) is 0.525. The molecule has 1 fully saturated rings. The lowest BCUT2D eigenvalue weighted by molar-refractivity contribution is -0.141. The highest BCUT2D eigenvalue weighted by atomic mass is 28.2. The van der Waals surface area contributed by atoms with E-state index in [1.165, 1.54) is 7.11 Å². The van der Waals surface area contributed by atoms with Gasteiger partial charge in [0.25, 0.3) is 0 Å². The predicted molar refractivity (Wildman–Crippen MR) is 54.6 cm³/mol. The van der Waals surface area contributed by atoms with Crippen LogP contribution in [0.2, 0.25) is 0 Å². The fourth-order valence-electron chi connectivity index (χ4n) is 1.42. The normalized spacial score (nSPS) is 20.4. The molecule has 1 rings (SSSR count). The van der Waals surface area contributed by atoms with Crippen LogP contribution in [0.15, 0.2) is 0 Å². The molecule has 0 aliphatic carbocycles. The fraction of sp³-hybridized carbons (Fsp3) is 0.875. The largest absolute Gasteiger partial charge is 0.469 e. The van der Waals surface area contributed by atoms with Gasteiger partial charge in [-0.25, -0.2) is 0 Å². The minimum absolute atomic E-state index is 0.103. The van der Waals surface area contributed by atoms with E-state index < -0.39 is 0 Å². The number of esters is 1. The first-order chi connectivity index (χ1) is 6.22. The van der Waals surface area contributed by atoms with Gasteiger partial charge in [-0.1, -0.05) is 0 Å². The second-order valence-corrected chi connectivity index (χ2v) is 4.74. The summed E-state index contributed by atoms with van der Waals surface area (Å²) in [6.45, 7) is 5.36. The van der Waals surface area contributed by atoms with Gasteiger partial charge in [0.1, 0.15) is 0 Å². The van der Waals surface area contributed by atoms with E-state index >= 15 is 0 Å². The van der Waals surface area contributed by atoms with Crippen molar-refractivity contribution in [3.05, 3.63) is 0 Å². The molecule has 13 heavy (non-hydrogen) atoms. The molecule has 0 aromatic rings. The molecule has 1 aliphatic rings. The zero-order chi connectivity index (χ0) is 9.68. The van der Waals surface area contributed by atoms with Gasteiger partial charge in [0.05, 0.1) is 23.9 Å². The molecule has 1 heterocycles. The van der Waals surface area contributed by atoms with Crippen molar-refractivity contribution < 1.29 is 9.53 Å². The first-order valence-electron chi connectivity index (χ1n) is 4.70. The lowest BCUT2D eigenvalue weighted by Crippen LogP contribution is -2.45. The molecular weight excluding hydrogens is 184 g/mol. The van der Waals surface area contributed by atoms with Crippen LogP contribution in [0, 0.1) is 0 Å². The highest BCUT2D eigenvalue weighted by Crippen LogP contribution is 1.99. The SMILES string of the molecule is COC(=O)CCN1CCN([SiH3])CC1. The van der Waals surface area contributed by atoms with Crippen LogP contribution >= 0.6 is 0 Å². The van der Waals surface area contributed by atoms with Crippen LogP contribution in [0.3, 0.4) is 0 Å². The van der Waals surface area contributed by atoms with E-state index in [0.717, 1.165) is 43.1 Å². The number of nitrogens with zero attached hydrogens (tertiary/aromatic N) is 2. The highest BCUT2D eigenvalue weighted by molar-refractivity contribution is 6.04. The van der Waals surface area contributed by atoms with E-state index in [4.69, 9.17) is 0 Å². The van der Waals surface area contributed by atoms with Gasteiger partial charge >= 0.3 is 5.97 Å². The summed E-state index contributed by atoms with van der Waals surface area (Å²) >= 11 is 0. The number of carbonyl (C=O) groups excluding carboxylic acids is 1. The first-order valence-corrected chi connectivity index (χ1v) is 5.59. The van der Waals surface area contributed by atoms with Gasteiger partial charge in [-0.05, 0) is 0 Å². The van der Waals surface area contributed by atoms with Crippen LogP contribution in [0.5, 0.6) is 0 Å². The second-order valence-electron chi connectivity index (χ2n) is 3.47. The molecule has 0 aromatic heterocycles. The lowest BCUT2D eigenvalue weighted by Gasteiger charge is -2.32.